The van der Waals surface area contributed by atoms with Crippen molar-refractivity contribution in [2.45, 2.75) is 32.6 Å². The standard InChI is InChI=1S/C22H24N4O/c1-16-6-5-9-19(14-16)26-20(13-12-17-7-3-2-4-8-17)24-21(25-26)22(27)23-15-18-10-11-18/h2-9,14,18H,10-13,15H2,1H3,(H,23,27). The van der Waals surface area contributed by atoms with E-state index in [1.807, 2.05) is 48.0 Å². The number of rotatable bonds is 7. The van der Waals surface area contributed by atoms with Crippen molar-refractivity contribution in [2.75, 3.05) is 6.54 Å². The fraction of sp³-hybridized carbons (Fsp3) is 0.318. The molecular formula is C22H24N4O. The summed E-state index contributed by atoms with van der Waals surface area (Å²) in [6.07, 6.45) is 3.98. The average molecular weight is 360 g/mol. The van der Waals surface area contributed by atoms with Gasteiger partial charge in [-0.2, -0.15) is 0 Å². The van der Waals surface area contributed by atoms with Crippen LogP contribution in [0.15, 0.2) is 54.6 Å². The summed E-state index contributed by atoms with van der Waals surface area (Å²) in [7, 11) is 0. The van der Waals surface area contributed by atoms with Gasteiger partial charge in [0.2, 0.25) is 5.82 Å². The second kappa shape index (κ2) is 7.74. The van der Waals surface area contributed by atoms with E-state index < -0.39 is 0 Å². The predicted molar refractivity (Wildman–Crippen MR) is 105 cm³/mol. The topological polar surface area (TPSA) is 59.8 Å². The summed E-state index contributed by atoms with van der Waals surface area (Å²) in [5.74, 6) is 1.50. The molecular weight excluding hydrogens is 336 g/mol. The number of hydrogen-bond donors (Lipinski definition) is 1. The SMILES string of the molecule is Cc1cccc(-n2nc(C(=O)NCC3CC3)nc2CCc2ccccc2)c1. The maximum atomic E-state index is 12.5. The number of hydrogen-bond acceptors (Lipinski definition) is 3. The zero-order valence-electron chi connectivity index (χ0n) is 15.6. The van der Waals surface area contributed by atoms with Crippen LogP contribution in [0.4, 0.5) is 0 Å². The third-order valence-corrected chi connectivity index (χ3v) is 4.85. The molecule has 27 heavy (non-hydrogen) atoms. The third-order valence-electron chi connectivity index (χ3n) is 4.85. The van der Waals surface area contributed by atoms with E-state index in [0.29, 0.717) is 5.92 Å². The van der Waals surface area contributed by atoms with Crippen molar-refractivity contribution in [1.29, 1.82) is 0 Å². The van der Waals surface area contributed by atoms with Crippen LogP contribution in [0, 0.1) is 12.8 Å². The fourth-order valence-electron chi connectivity index (χ4n) is 3.11. The molecule has 2 aromatic carbocycles. The first-order valence-electron chi connectivity index (χ1n) is 9.54. The molecule has 5 heteroatoms. The van der Waals surface area contributed by atoms with Gasteiger partial charge in [0.1, 0.15) is 5.82 Å². The Morgan fingerprint density at radius 1 is 1.11 bits per heavy atom. The lowest BCUT2D eigenvalue weighted by atomic mass is 10.1. The summed E-state index contributed by atoms with van der Waals surface area (Å²) >= 11 is 0. The Kier molecular flexibility index (Phi) is 5.01. The van der Waals surface area contributed by atoms with Crippen molar-refractivity contribution in [3.63, 3.8) is 0 Å². The molecule has 4 rings (SSSR count). The average Bonchev–Trinajstić information content (AvgIpc) is 3.42. The molecule has 138 valence electrons. The van der Waals surface area contributed by atoms with E-state index in [-0.39, 0.29) is 11.7 Å². The first-order chi connectivity index (χ1) is 13.2. The van der Waals surface area contributed by atoms with Crippen LogP contribution in [-0.2, 0) is 12.8 Å². The Hall–Kier alpha value is -2.95. The van der Waals surface area contributed by atoms with Crippen LogP contribution in [0.1, 0.15) is 40.4 Å². The molecule has 3 aromatic rings. The predicted octanol–water partition coefficient (Wildman–Crippen LogP) is 3.50. The van der Waals surface area contributed by atoms with Gasteiger partial charge in [0.05, 0.1) is 5.69 Å². The Bertz CT molecular complexity index is 928. The molecule has 0 aliphatic heterocycles. The smallest absolute Gasteiger partial charge is 0.290 e. The summed E-state index contributed by atoms with van der Waals surface area (Å²) in [5.41, 5.74) is 3.33. The van der Waals surface area contributed by atoms with Crippen LogP contribution in [0.3, 0.4) is 0 Å². The minimum atomic E-state index is -0.186. The molecule has 1 fully saturated rings. The molecule has 0 bridgehead atoms. The monoisotopic (exact) mass is 360 g/mol. The van der Waals surface area contributed by atoms with Crippen LogP contribution < -0.4 is 5.32 Å². The summed E-state index contributed by atoms with van der Waals surface area (Å²) in [4.78, 5) is 17.0. The maximum absolute atomic E-state index is 12.5. The zero-order valence-corrected chi connectivity index (χ0v) is 15.6. The van der Waals surface area contributed by atoms with Gasteiger partial charge in [-0.3, -0.25) is 4.79 Å². The first-order valence-corrected chi connectivity index (χ1v) is 9.54. The second-order valence-corrected chi connectivity index (χ2v) is 7.24. The van der Waals surface area contributed by atoms with Gasteiger partial charge in [0.25, 0.3) is 5.91 Å². The summed E-state index contributed by atoms with van der Waals surface area (Å²) in [5, 5.41) is 7.49. The molecule has 1 aromatic heterocycles. The largest absolute Gasteiger partial charge is 0.349 e. The minimum Gasteiger partial charge on any atom is -0.349 e. The fourth-order valence-corrected chi connectivity index (χ4v) is 3.11. The van der Waals surface area contributed by atoms with Crippen molar-refractivity contribution in [3.05, 3.63) is 77.4 Å². The molecule has 1 aliphatic carbocycles. The second-order valence-electron chi connectivity index (χ2n) is 7.24. The van der Waals surface area contributed by atoms with Crippen LogP contribution in [0.5, 0.6) is 0 Å². The van der Waals surface area contributed by atoms with E-state index >= 15 is 0 Å². The highest BCUT2D eigenvalue weighted by molar-refractivity contribution is 5.90. The number of aromatic nitrogens is 3. The number of carbonyl (C=O) groups excluding carboxylic acids is 1. The number of aryl methyl sites for hydroxylation is 3. The number of carbonyl (C=O) groups is 1. The highest BCUT2D eigenvalue weighted by Gasteiger charge is 2.23. The molecule has 0 radical (unpaired) electrons. The Morgan fingerprint density at radius 2 is 1.93 bits per heavy atom. The van der Waals surface area contributed by atoms with Gasteiger partial charge in [0, 0.05) is 13.0 Å². The number of nitrogens with one attached hydrogen (secondary N) is 1. The van der Waals surface area contributed by atoms with E-state index in [1.165, 1.54) is 18.4 Å². The molecule has 1 saturated carbocycles. The molecule has 5 nitrogen and oxygen atoms in total. The lowest BCUT2D eigenvalue weighted by Crippen LogP contribution is -2.26. The van der Waals surface area contributed by atoms with E-state index in [1.54, 1.807) is 0 Å². The van der Waals surface area contributed by atoms with E-state index in [0.717, 1.165) is 36.5 Å². The van der Waals surface area contributed by atoms with Crippen molar-refractivity contribution in [2.24, 2.45) is 5.92 Å². The van der Waals surface area contributed by atoms with E-state index in [4.69, 9.17) is 0 Å². The van der Waals surface area contributed by atoms with E-state index in [2.05, 4.69) is 33.6 Å². The third kappa shape index (κ3) is 4.42. The van der Waals surface area contributed by atoms with Gasteiger partial charge in [-0.25, -0.2) is 9.67 Å². The summed E-state index contributed by atoms with van der Waals surface area (Å²) < 4.78 is 1.81. The lowest BCUT2D eigenvalue weighted by molar-refractivity contribution is 0.0941. The summed E-state index contributed by atoms with van der Waals surface area (Å²) in [6.45, 7) is 2.77. The van der Waals surface area contributed by atoms with Crippen LogP contribution in [0.25, 0.3) is 5.69 Å². The summed E-state index contributed by atoms with van der Waals surface area (Å²) in [6, 6.07) is 18.4. The highest BCUT2D eigenvalue weighted by Crippen LogP contribution is 2.27. The molecule has 1 N–H and O–H groups in total. The van der Waals surface area contributed by atoms with Crippen molar-refractivity contribution in [1.82, 2.24) is 20.1 Å². The molecule has 0 atom stereocenters. The van der Waals surface area contributed by atoms with E-state index in [9.17, 15) is 4.79 Å². The Balaban J connectivity index is 1.59. The number of amides is 1. The quantitative estimate of drug-likeness (QED) is 0.701. The first kappa shape index (κ1) is 17.5. The molecule has 0 saturated heterocycles. The Labute approximate surface area is 159 Å². The maximum Gasteiger partial charge on any atom is 0.290 e. The van der Waals surface area contributed by atoms with Gasteiger partial charge in [-0.15, -0.1) is 5.10 Å². The Morgan fingerprint density at radius 3 is 2.67 bits per heavy atom. The normalized spacial score (nSPS) is 13.5. The highest BCUT2D eigenvalue weighted by atomic mass is 16.2. The molecule has 1 aliphatic rings. The lowest BCUT2D eigenvalue weighted by Gasteiger charge is -2.07. The molecule has 1 heterocycles. The van der Waals surface area contributed by atoms with Crippen LogP contribution in [-0.4, -0.2) is 27.2 Å². The number of nitrogens with zero attached hydrogens (tertiary/aromatic N) is 3. The molecule has 0 spiro atoms. The minimum absolute atomic E-state index is 0.186. The van der Waals surface area contributed by atoms with Gasteiger partial charge in [-0.1, -0.05) is 42.5 Å². The van der Waals surface area contributed by atoms with Gasteiger partial charge in [-0.05, 0) is 55.4 Å². The zero-order chi connectivity index (χ0) is 18.6. The van der Waals surface area contributed by atoms with Crippen molar-refractivity contribution < 1.29 is 4.79 Å². The van der Waals surface area contributed by atoms with Crippen LogP contribution in [0.2, 0.25) is 0 Å². The van der Waals surface area contributed by atoms with Crippen molar-refractivity contribution in [3.8, 4) is 5.69 Å². The van der Waals surface area contributed by atoms with Crippen LogP contribution >= 0.6 is 0 Å². The molecule has 0 unspecified atom stereocenters. The van der Waals surface area contributed by atoms with Gasteiger partial charge in [0.15, 0.2) is 0 Å². The van der Waals surface area contributed by atoms with Gasteiger partial charge < -0.3 is 5.32 Å². The van der Waals surface area contributed by atoms with Crippen molar-refractivity contribution >= 4 is 5.91 Å². The van der Waals surface area contributed by atoms with Gasteiger partial charge >= 0.3 is 0 Å². The molecule has 1 amide bonds. The number of benzene rings is 2.